The van der Waals surface area contributed by atoms with E-state index in [-0.39, 0.29) is 5.97 Å². The average Bonchev–Trinajstić information content (AvgIpc) is 3.37. The quantitative estimate of drug-likeness (QED) is 0.596. The van der Waals surface area contributed by atoms with Gasteiger partial charge in [0.1, 0.15) is 0 Å². The molecule has 29 heavy (non-hydrogen) atoms. The van der Waals surface area contributed by atoms with Crippen LogP contribution in [0.4, 0.5) is 0 Å². The number of aromatic nitrogens is 4. The van der Waals surface area contributed by atoms with Crippen molar-refractivity contribution in [3.63, 3.8) is 0 Å². The summed E-state index contributed by atoms with van der Waals surface area (Å²) >= 11 is 0. The molecule has 0 bridgehead atoms. The van der Waals surface area contributed by atoms with E-state index in [0.29, 0.717) is 18.8 Å². The van der Waals surface area contributed by atoms with Gasteiger partial charge in [-0.3, -0.25) is 14.7 Å². The summed E-state index contributed by atoms with van der Waals surface area (Å²) in [5.41, 5.74) is 5.12. The molecule has 0 spiro atoms. The van der Waals surface area contributed by atoms with Crippen LogP contribution < -0.4 is 0 Å². The molecule has 152 valence electrons. The zero-order valence-electron chi connectivity index (χ0n) is 16.8. The molecule has 0 atom stereocenters. The van der Waals surface area contributed by atoms with Gasteiger partial charge in [0.15, 0.2) is 5.69 Å². The molecule has 1 N–H and O–H groups in total. The minimum absolute atomic E-state index is 0.323. The van der Waals surface area contributed by atoms with Gasteiger partial charge in [-0.1, -0.05) is 30.3 Å². The first-order valence-electron chi connectivity index (χ1n) is 10.2. The molecule has 1 aliphatic rings. The Morgan fingerprint density at radius 1 is 1.24 bits per heavy atom. The Kier molecular flexibility index (Phi) is 6.05. The number of aryl methyl sites for hydroxylation is 2. The van der Waals surface area contributed by atoms with Crippen molar-refractivity contribution in [2.24, 2.45) is 0 Å². The van der Waals surface area contributed by atoms with E-state index in [4.69, 9.17) is 4.74 Å². The van der Waals surface area contributed by atoms with E-state index in [1.54, 1.807) is 0 Å². The molecule has 0 saturated heterocycles. The molecule has 3 heterocycles. The van der Waals surface area contributed by atoms with Gasteiger partial charge in [-0.2, -0.15) is 10.2 Å². The zero-order valence-corrected chi connectivity index (χ0v) is 16.8. The molecule has 7 heteroatoms. The van der Waals surface area contributed by atoms with Gasteiger partial charge in [0.25, 0.3) is 0 Å². The monoisotopic (exact) mass is 393 g/mol. The van der Waals surface area contributed by atoms with E-state index >= 15 is 0 Å². The number of aromatic amines is 1. The molecule has 0 amide bonds. The van der Waals surface area contributed by atoms with Crippen molar-refractivity contribution in [3.8, 4) is 0 Å². The van der Waals surface area contributed by atoms with Crippen LogP contribution in [0, 0.1) is 0 Å². The van der Waals surface area contributed by atoms with Crippen LogP contribution >= 0.6 is 0 Å². The summed E-state index contributed by atoms with van der Waals surface area (Å²) in [6.45, 7) is 5.42. The SMILES string of the molecule is CCOC(=O)c1nn(CCCc2ccccc2)c2c1CN(Cc1cn[nH]c1)CC2. The van der Waals surface area contributed by atoms with Crippen molar-refractivity contribution in [2.75, 3.05) is 13.2 Å². The summed E-state index contributed by atoms with van der Waals surface area (Å²) < 4.78 is 7.30. The lowest BCUT2D eigenvalue weighted by atomic mass is 10.0. The first-order chi connectivity index (χ1) is 14.2. The van der Waals surface area contributed by atoms with Crippen molar-refractivity contribution in [3.05, 3.63) is 70.8 Å². The second-order valence-electron chi connectivity index (χ2n) is 7.37. The third kappa shape index (κ3) is 4.56. The lowest BCUT2D eigenvalue weighted by Crippen LogP contribution is -2.31. The van der Waals surface area contributed by atoms with Crippen LogP contribution in [0.1, 0.15) is 46.2 Å². The number of fused-ring (bicyclic) bond motifs is 1. The molecule has 3 aromatic rings. The minimum Gasteiger partial charge on any atom is -0.461 e. The minimum atomic E-state index is -0.323. The van der Waals surface area contributed by atoms with E-state index in [0.717, 1.165) is 50.0 Å². The first kappa shape index (κ1) is 19.4. The van der Waals surface area contributed by atoms with Crippen LogP contribution in [0.2, 0.25) is 0 Å². The molecule has 0 fully saturated rings. The van der Waals surface area contributed by atoms with E-state index in [2.05, 4.69) is 44.5 Å². The Labute approximate surface area is 170 Å². The summed E-state index contributed by atoms with van der Waals surface area (Å²) in [7, 11) is 0. The Morgan fingerprint density at radius 2 is 2.10 bits per heavy atom. The third-order valence-corrected chi connectivity index (χ3v) is 5.32. The van der Waals surface area contributed by atoms with Gasteiger partial charge in [0, 0.05) is 55.6 Å². The fraction of sp³-hybridized carbons (Fsp3) is 0.409. The van der Waals surface area contributed by atoms with E-state index in [1.807, 2.05) is 30.1 Å². The summed E-state index contributed by atoms with van der Waals surface area (Å²) in [6.07, 6.45) is 6.62. The highest BCUT2D eigenvalue weighted by Crippen LogP contribution is 2.25. The van der Waals surface area contributed by atoms with Gasteiger partial charge >= 0.3 is 5.97 Å². The third-order valence-electron chi connectivity index (χ3n) is 5.32. The van der Waals surface area contributed by atoms with Crippen molar-refractivity contribution < 1.29 is 9.53 Å². The Balaban J connectivity index is 1.50. The van der Waals surface area contributed by atoms with Crippen molar-refractivity contribution >= 4 is 5.97 Å². The number of H-pyrrole nitrogens is 1. The van der Waals surface area contributed by atoms with Crippen LogP contribution in [0.5, 0.6) is 0 Å². The lowest BCUT2D eigenvalue weighted by molar-refractivity contribution is 0.0515. The Hall–Kier alpha value is -2.93. The van der Waals surface area contributed by atoms with Gasteiger partial charge < -0.3 is 4.74 Å². The predicted octanol–water partition coefficient (Wildman–Crippen LogP) is 2.97. The van der Waals surface area contributed by atoms with Crippen LogP contribution in [0.3, 0.4) is 0 Å². The number of hydrogen-bond acceptors (Lipinski definition) is 5. The normalized spacial score (nSPS) is 14.0. The number of rotatable bonds is 8. The van der Waals surface area contributed by atoms with Crippen LogP contribution in [-0.2, 0) is 37.2 Å². The number of nitrogens with zero attached hydrogens (tertiary/aromatic N) is 4. The summed E-state index contributed by atoms with van der Waals surface area (Å²) in [5, 5.41) is 11.6. The van der Waals surface area contributed by atoms with Crippen LogP contribution in [-0.4, -0.2) is 44.0 Å². The van der Waals surface area contributed by atoms with Gasteiger partial charge in [0.05, 0.1) is 12.8 Å². The van der Waals surface area contributed by atoms with Crippen molar-refractivity contribution in [1.82, 2.24) is 24.9 Å². The highest BCUT2D eigenvalue weighted by Gasteiger charge is 2.28. The fourth-order valence-electron chi connectivity index (χ4n) is 3.93. The summed E-state index contributed by atoms with van der Waals surface area (Å²) in [4.78, 5) is 14.8. The first-order valence-corrected chi connectivity index (χ1v) is 10.2. The maximum Gasteiger partial charge on any atom is 0.359 e. The number of nitrogens with one attached hydrogen (secondary N) is 1. The van der Waals surface area contributed by atoms with E-state index in [1.165, 1.54) is 11.3 Å². The highest BCUT2D eigenvalue weighted by molar-refractivity contribution is 5.89. The Morgan fingerprint density at radius 3 is 2.86 bits per heavy atom. The molecule has 4 rings (SSSR count). The van der Waals surface area contributed by atoms with Crippen molar-refractivity contribution in [2.45, 2.75) is 45.8 Å². The maximum atomic E-state index is 12.5. The van der Waals surface area contributed by atoms with Crippen LogP contribution in [0.25, 0.3) is 0 Å². The number of carbonyl (C=O) groups excluding carboxylic acids is 1. The second-order valence-corrected chi connectivity index (χ2v) is 7.37. The molecule has 1 aliphatic heterocycles. The van der Waals surface area contributed by atoms with E-state index < -0.39 is 0 Å². The number of esters is 1. The second kappa shape index (κ2) is 9.05. The van der Waals surface area contributed by atoms with Crippen LogP contribution in [0.15, 0.2) is 42.7 Å². The smallest absolute Gasteiger partial charge is 0.359 e. The Bertz CT molecular complexity index is 934. The predicted molar refractivity (Wildman–Crippen MR) is 109 cm³/mol. The highest BCUT2D eigenvalue weighted by atomic mass is 16.5. The molecular weight excluding hydrogens is 366 g/mol. The molecule has 1 aromatic carbocycles. The number of benzene rings is 1. The van der Waals surface area contributed by atoms with Gasteiger partial charge in [-0.15, -0.1) is 0 Å². The summed E-state index contributed by atoms with van der Waals surface area (Å²) in [5.74, 6) is -0.323. The average molecular weight is 393 g/mol. The lowest BCUT2D eigenvalue weighted by Gasteiger charge is -2.27. The van der Waals surface area contributed by atoms with Gasteiger partial charge in [-0.05, 0) is 25.3 Å². The number of carbonyl (C=O) groups is 1. The molecule has 2 aromatic heterocycles. The molecule has 0 aliphatic carbocycles. The van der Waals surface area contributed by atoms with Crippen molar-refractivity contribution in [1.29, 1.82) is 0 Å². The zero-order chi connectivity index (χ0) is 20.1. The molecule has 0 saturated carbocycles. The largest absolute Gasteiger partial charge is 0.461 e. The standard InChI is InChI=1S/C22H27N5O2/c1-2-29-22(28)21-19-16-26(15-18-13-23-24-14-18)12-10-20(19)27(25-21)11-6-9-17-7-4-3-5-8-17/h3-5,7-8,13-14H,2,6,9-12,15-16H2,1H3,(H,23,24). The summed E-state index contributed by atoms with van der Waals surface area (Å²) in [6, 6.07) is 10.5. The molecule has 0 unspecified atom stereocenters. The number of ether oxygens (including phenoxy) is 1. The molecule has 7 nitrogen and oxygen atoms in total. The fourth-order valence-corrected chi connectivity index (χ4v) is 3.93. The van der Waals surface area contributed by atoms with E-state index in [9.17, 15) is 4.79 Å². The molecule has 0 radical (unpaired) electrons. The molecular formula is C22H27N5O2. The number of hydrogen-bond donors (Lipinski definition) is 1. The van der Waals surface area contributed by atoms with Gasteiger partial charge in [-0.25, -0.2) is 4.79 Å². The topological polar surface area (TPSA) is 76.0 Å². The van der Waals surface area contributed by atoms with Gasteiger partial charge in [0.2, 0.25) is 0 Å². The maximum absolute atomic E-state index is 12.5.